The minimum absolute atomic E-state index is 0. The number of carboxylic acid groups (broad SMARTS) is 2. The zero-order valence-electron chi connectivity index (χ0n) is 11.1. The molecule has 0 unspecified atom stereocenters. The van der Waals surface area contributed by atoms with E-state index in [1.165, 1.54) is 25.3 Å². The molecule has 0 heterocycles. The Morgan fingerprint density at radius 1 is 1.40 bits per heavy atom. The fourth-order valence-electron chi connectivity index (χ4n) is 0.962. The number of methoxy groups -OCH3 is 1. The summed E-state index contributed by atoms with van der Waals surface area (Å²) in [6.45, 7) is -0.778. The van der Waals surface area contributed by atoms with Gasteiger partial charge in [-0.1, -0.05) is 12.1 Å². The van der Waals surface area contributed by atoms with Crippen LogP contribution in [0.2, 0.25) is 0 Å². The van der Waals surface area contributed by atoms with Gasteiger partial charge in [0, 0.05) is 0 Å². The zero-order valence-corrected chi connectivity index (χ0v) is 13.1. The van der Waals surface area contributed by atoms with Crippen LogP contribution >= 0.6 is 0 Å². The summed E-state index contributed by atoms with van der Waals surface area (Å²) in [6.07, 6.45) is 2.27. The van der Waals surface area contributed by atoms with Gasteiger partial charge < -0.3 is 30.0 Å². The van der Waals surface area contributed by atoms with Gasteiger partial charge in [-0.2, -0.15) is 0 Å². The third kappa shape index (κ3) is 9.40. The molecule has 0 bridgehead atoms. The average molecular weight is 292 g/mol. The van der Waals surface area contributed by atoms with Crippen molar-refractivity contribution in [1.29, 1.82) is 0 Å². The molecular formula is C12H13NaO7. The second-order valence-corrected chi connectivity index (χ2v) is 3.14. The fraction of sp³-hybridized carbons (Fsp3) is 0.167. The molecule has 3 N–H and O–H groups in total. The third-order valence-corrected chi connectivity index (χ3v) is 1.75. The van der Waals surface area contributed by atoms with Crippen LogP contribution in [0.4, 0.5) is 0 Å². The van der Waals surface area contributed by atoms with E-state index >= 15 is 0 Å². The number of hydrogen-bond donors (Lipinski definition) is 3. The van der Waals surface area contributed by atoms with E-state index in [4.69, 9.17) is 19.7 Å². The van der Waals surface area contributed by atoms with E-state index in [1.54, 1.807) is 6.07 Å². The van der Waals surface area contributed by atoms with Crippen LogP contribution in [-0.2, 0) is 9.59 Å². The fourth-order valence-corrected chi connectivity index (χ4v) is 0.962. The maximum absolute atomic E-state index is 10.1. The maximum atomic E-state index is 10.1. The van der Waals surface area contributed by atoms with E-state index in [0.29, 0.717) is 11.3 Å². The van der Waals surface area contributed by atoms with E-state index in [-0.39, 0.29) is 35.3 Å². The molecule has 20 heavy (non-hydrogen) atoms. The van der Waals surface area contributed by atoms with Crippen LogP contribution in [0.1, 0.15) is 5.56 Å². The van der Waals surface area contributed by atoms with Crippen molar-refractivity contribution in [2.75, 3.05) is 13.7 Å². The summed E-state index contributed by atoms with van der Waals surface area (Å²) in [4.78, 5) is 19.2. The van der Waals surface area contributed by atoms with E-state index in [1.807, 2.05) is 0 Å². The van der Waals surface area contributed by atoms with Crippen molar-refractivity contribution in [3.63, 3.8) is 0 Å². The second-order valence-electron chi connectivity index (χ2n) is 3.14. The van der Waals surface area contributed by atoms with Gasteiger partial charge in [0.2, 0.25) is 0 Å². The number of carbonyl (C=O) groups excluding carboxylic acids is 1. The molecule has 1 aromatic rings. The van der Waals surface area contributed by atoms with Crippen molar-refractivity contribution in [2.24, 2.45) is 0 Å². The molecule has 0 aliphatic heterocycles. The van der Waals surface area contributed by atoms with Gasteiger partial charge in [0.05, 0.1) is 13.1 Å². The van der Waals surface area contributed by atoms with Crippen LogP contribution in [0, 0.1) is 0 Å². The summed E-state index contributed by atoms with van der Waals surface area (Å²) in [5.41, 5.74) is 0.615. The number of rotatable bonds is 4. The quantitative estimate of drug-likeness (QED) is 0.384. The molecule has 0 fully saturated rings. The van der Waals surface area contributed by atoms with Crippen LogP contribution in [0.25, 0.3) is 6.08 Å². The number of benzene rings is 1. The normalized spacial score (nSPS) is 9.10. The standard InChI is InChI=1S/C10H10O4.C2H4O3.Na/c1-14-9-6-7(2-4-8(9)11)3-5-10(12)13;3-1-2(4)5;/h2-6,11H,1H3,(H,12,13);3H,1H2,(H,4,5);/q;;+1/p-1/b5-3+;;. The molecule has 0 amide bonds. The molecule has 0 atom stereocenters. The molecule has 1 rings (SSSR count). The minimum atomic E-state index is -1.27. The summed E-state index contributed by atoms with van der Waals surface area (Å²) in [6, 6.07) is 4.51. The van der Waals surface area contributed by atoms with Crippen molar-refractivity contribution in [3.8, 4) is 11.5 Å². The first-order valence-electron chi connectivity index (χ1n) is 4.99. The first-order valence-corrected chi connectivity index (χ1v) is 4.99. The van der Waals surface area contributed by atoms with E-state index in [2.05, 4.69) is 0 Å². The van der Waals surface area contributed by atoms with Gasteiger partial charge in [-0.15, -0.1) is 0 Å². The summed E-state index contributed by atoms with van der Waals surface area (Å²) in [5.74, 6) is -2.15. The van der Waals surface area contributed by atoms with Crippen molar-refractivity contribution in [1.82, 2.24) is 0 Å². The molecule has 0 spiro atoms. The van der Waals surface area contributed by atoms with Crippen LogP contribution in [0.15, 0.2) is 24.3 Å². The molecule has 0 aromatic heterocycles. The van der Waals surface area contributed by atoms with Gasteiger partial charge in [0.15, 0.2) is 11.5 Å². The van der Waals surface area contributed by atoms with Crippen LogP contribution in [0.3, 0.4) is 0 Å². The van der Waals surface area contributed by atoms with Crippen molar-refractivity contribution in [2.45, 2.75) is 0 Å². The molecular weight excluding hydrogens is 279 g/mol. The van der Waals surface area contributed by atoms with Crippen molar-refractivity contribution in [3.05, 3.63) is 29.8 Å². The Labute approximate surface area is 137 Å². The topological polar surface area (TPSA) is 127 Å². The molecule has 0 radical (unpaired) electrons. The first-order chi connectivity index (χ1) is 8.90. The van der Waals surface area contributed by atoms with Gasteiger partial charge in [-0.3, -0.25) is 0 Å². The third-order valence-electron chi connectivity index (χ3n) is 1.75. The van der Waals surface area contributed by atoms with Crippen LogP contribution < -0.4 is 39.4 Å². The van der Waals surface area contributed by atoms with Gasteiger partial charge in [0.1, 0.15) is 6.61 Å². The molecule has 0 saturated heterocycles. The molecule has 0 saturated carbocycles. The number of phenols is 1. The second kappa shape index (κ2) is 11.3. The summed E-state index contributed by atoms with van der Waals surface area (Å²) in [5, 5.41) is 34.4. The number of hydrogen-bond acceptors (Lipinski definition) is 6. The number of aliphatic hydroxyl groups is 1. The molecule has 0 aliphatic carbocycles. The van der Waals surface area contributed by atoms with Gasteiger partial charge in [-0.05, 0) is 23.8 Å². The number of carboxylic acids is 2. The summed E-state index contributed by atoms with van der Waals surface area (Å²) >= 11 is 0. The van der Waals surface area contributed by atoms with E-state index in [0.717, 1.165) is 6.08 Å². The van der Waals surface area contributed by atoms with Crippen LogP contribution in [-0.4, -0.2) is 41.0 Å². The number of ether oxygens (including phenoxy) is 1. The number of aliphatic hydroxyl groups excluding tert-OH is 1. The zero-order chi connectivity index (χ0) is 14.8. The van der Waals surface area contributed by atoms with Crippen molar-refractivity contribution < 1.29 is 64.3 Å². The minimum Gasteiger partial charge on any atom is -0.545 e. The Balaban J connectivity index is 0. The molecule has 8 heteroatoms. The molecule has 0 aliphatic rings. The smallest absolute Gasteiger partial charge is 0.545 e. The molecule has 104 valence electrons. The Morgan fingerprint density at radius 2 is 1.95 bits per heavy atom. The SMILES string of the molecule is COc1cc(/C=C/C(=O)[O-])ccc1O.O=C(O)CO.[Na+]. The number of phenolic OH excluding ortho intramolecular Hbond substituents is 1. The maximum Gasteiger partial charge on any atom is 1.00 e. The predicted molar refractivity (Wildman–Crippen MR) is 63.4 cm³/mol. The van der Waals surface area contributed by atoms with Gasteiger partial charge in [0.25, 0.3) is 0 Å². The Hall–Kier alpha value is -1.54. The number of aromatic hydroxyl groups is 1. The Morgan fingerprint density at radius 3 is 2.35 bits per heavy atom. The van der Waals surface area contributed by atoms with Gasteiger partial charge in [-0.25, -0.2) is 4.79 Å². The molecule has 1 aromatic carbocycles. The number of aliphatic carboxylic acids is 2. The first kappa shape index (κ1) is 20.8. The summed E-state index contributed by atoms with van der Waals surface area (Å²) in [7, 11) is 1.42. The predicted octanol–water partition coefficient (Wildman–Crippen LogP) is -3.77. The van der Waals surface area contributed by atoms with Gasteiger partial charge >= 0.3 is 35.5 Å². The molecule has 7 nitrogen and oxygen atoms in total. The Bertz CT molecular complexity index is 471. The van der Waals surface area contributed by atoms with Crippen molar-refractivity contribution >= 4 is 18.0 Å². The monoisotopic (exact) mass is 292 g/mol. The summed E-state index contributed by atoms with van der Waals surface area (Å²) < 4.78 is 4.85. The number of carbonyl (C=O) groups is 2. The van der Waals surface area contributed by atoms with Crippen LogP contribution in [0.5, 0.6) is 11.5 Å². The Kier molecular flexibility index (Phi) is 11.7. The van der Waals surface area contributed by atoms with E-state index in [9.17, 15) is 15.0 Å². The largest absolute Gasteiger partial charge is 1.00 e. The average Bonchev–Trinajstić information content (AvgIpc) is 2.38. The van der Waals surface area contributed by atoms with E-state index < -0.39 is 18.5 Å².